The van der Waals surface area contributed by atoms with Crippen LogP contribution in [0.5, 0.6) is 0 Å². The largest absolute Gasteiger partial charge is 0.286 e. The molecular weight excluding hydrogens is 443 g/mol. The maximum Gasteiger partial charge on any atom is 0.286 e. The average molecular weight is 474 g/mol. The van der Waals surface area contributed by atoms with E-state index in [2.05, 4.69) is 10.5 Å². The first-order valence-electron chi connectivity index (χ1n) is 14.0. The first-order chi connectivity index (χ1) is 18.6. The van der Waals surface area contributed by atoms with E-state index in [0.717, 1.165) is 19.3 Å². The summed E-state index contributed by atoms with van der Waals surface area (Å²) in [5.41, 5.74) is -0.477. The molecule has 0 saturated carbocycles. The number of halogens is 3. The van der Waals surface area contributed by atoms with Crippen molar-refractivity contribution in [2.24, 2.45) is 0 Å². The normalized spacial score (nSPS) is 19.8. The van der Waals surface area contributed by atoms with Crippen LogP contribution < -0.4 is 5.43 Å². The Morgan fingerprint density at radius 3 is 2.47 bits per heavy atom. The van der Waals surface area contributed by atoms with Gasteiger partial charge in [0.05, 0.1) is 26.0 Å². The van der Waals surface area contributed by atoms with Gasteiger partial charge in [0.1, 0.15) is 0 Å². The van der Waals surface area contributed by atoms with E-state index in [1.165, 1.54) is 0 Å². The summed E-state index contributed by atoms with van der Waals surface area (Å²) in [7, 11) is 0. The Kier molecular flexibility index (Phi) is 3.62. The Balaban J connectivity index is 2.17. The molecule has 1 aromatic heterocycles. The molecule has 2 aromatic carbocycles. The van der Waals surface area contributed by atoms with E-state index >= 15 is 0 Å². The third kappa shape index (κ3) is 4.35. The van der Waals surface area contributed by atoms with Gasteiger partial charge in [-0.05, 0) is 49.9 Å². The minimum atomic E-state index is -3.11. The second-order valence-electron chi connectivity index (χ2n) is 6.51. The number of hydrogen-bond donors (Lipinski definition) is 1. The van der Waals surface area contributed by atoms with Gasteiger partial charge in [-0.15, -0.1) is 0 Å². The second kappa shape index (κ2) is 8.98. The Bertz CT molecular complexity index is 1480. The van der Waals surface area contributed by atoms with Crippen molar-refractivity contribution in [3.05, 3.63) is 68.6 Å². The highest BCUT2D eigenvalue weighted by atomic mass is 35.5. The summed E-state index contributed by atoms with van der Waals surface area (Å²) in [5, 5.41) is 4.28. The number of aromatic nitrogens is 2. The minimum absolute atomic E-state index is 0.456. The van der Waals surface area contributed by atoms with Gasteiger partial charge in [0.25, 0.3) is 5.91 Å². The Labute approximate surface area is 204 Å². The lowest BCUT2D eigenvalue weighted by atomic mass is 10.1. The number of carbonyl (C=O) groups is 1. The average Bonchev–Trinajstić information content (AvgIpc) is 3.30. The van der Waals surface area contributed by atoms with Crippen molar-refractivity contribution in [2.45, 2.75) is 26.1 Å². The third-order valence-electron chi connectivity index (χ3n) is 4.48. The molecule has 1 N–H and O–H groups in total. The van der Waals surface area contributed by atoms with Gasteiger partial charge in [-0.2, -0.15) is 5.10 Å². The van der Waals surface area contributed by atoms with E-state index in [4.69, 9.17) is 48.5 Å². The highest BCUT2D eigenvalue weighted by Gasteiger charge is 2.24. The monoisotopic (exact) mass is 472 g/mol. The molecule has 5 nitrogen and oxygen atoms in total. The second-order valence-corrected chi connectivity index (χ2v) is 7.65. The van der Waals surface area contributed by atoms with E-state index in [1.807, 2.05) is 0 Å². The number of amides is 1. The van der Waals surface area contributed by atoms with E-state index in [0.29, 0.717) is 17.8 Å². The summed E-state index contributed by atoms with van der Waals surface area (Å²) in [5.74, 6) is -0.939. The topological polar surface area (TPSA) is 50.2 Å². The fourth-order valence-electron chi connectivity index (χ4n) is 3.09. The standard InChI is InChI=1S/C22H21Cl3N4O/c1-14-20(22(30)27-28-11-3-2-4-12-28)26-29(19-10-9-17(24)13-18(19)25)21(14)15-5-7-16(23)8-6-15/h5-10,13H,2-4,11-12H2,1H3,(H,27,30)/i1D3,5D,6D,7D,8D,9D,10D,13D. The van der Waals surface area contributed by atoms with Crippen LogP contribution in [0.2, 0.25) is 15.1 Å². The van der Waals surface area contributed by atoms with Crippen LogP contribution in [0.3, 0.4) is 0 Å². The van der Waals surface area contributed by atoms with Gasteiger partial charge in [-0.3, -0.25) is 10.2 Å². The van der Waals surface area contributed by atoms with Gasteiger partial charge >= 0.3 is 0 Å². The molecule has 0 aliphatic carbocycles. The summed E-state index contributed by atoms with van der Waals surface area (Å²) in [4.78, 5) is 13.5. The fraction of sp³-hybridized carbons (Fsp3) is 0.273. The number of hydrazine groups is 1. The summed E-state index contributed by atoms with van der Waals surface area (Å²) >= 11 is 18.3. The maximum absolute atomic E-state index is 13.5. The number of carbonyl (C=O) groups excluding carboxylic acids is 1. The van der Waals surface area contributed by atoms with Crippen molar-refractivity contribution in [1.82, 2.24) is 20.2 Å². The Morgan fingerprint density at radius 1 is 1.07 bits per heavy atom. The van der Waals surface area contributed by atoms with E-state index < -0.39 is 98.3 Å². The van der Waals surface area contributed by atoms with Gasteiger partial charge < -0.3 is 0 Å². The SMILES string of the molecule is [2H]c1c([2H])c(-c2c(C([2H])([2H])[2H])c(C(=O)NN3CCCCC3)nn2-c2c([2H])c([2H])c(Cl)c([2H])c2Cl)c([2H])c([2H])c1Cl. The molecule has 0 radical (unpaired) electrons. The van der Waals surface area contributed by atoms with Crippen LogP contribution in [-0.2, 0) is 0 Å². The molecule has 0 unspecified atom stereocenters. The van der Waals surface area contributed by atoms with E-state index in [9.17, 15) is 4.79 Å². The number of nitrogens with zero attached hydrogens (tertiary/aromatic N) is 3. The third-order valence-corrected chi connectivity index (χ3v) is 5.13. The molecular formula is C22H21Cl3N4O. The van der Waals surface area contributed by atoms with Crippen molar-refractivity contribution in [1.29, 1.82) is 0 Å². The lowest BCUT2D eigenvalue weighted by molar-refractivity contribution is 0.0743. The molecule has 1 aliphatic heterocycles. The van der Waals surface area contributed by atoms with Crippen LogP contribution in [-0.4, -0.2) is 33.8 Å². The molecule has 1 fully saturated rings. The predicted octanol–water partition coefficient (Wildman–Crippen LogP) is 5.94. The first kappa shape index (κ1) is 12.1. The number of benzene rings is 2. The molecule has 30 heavy (non-hydrogen) atoms. The van der Waals surface area contributed by atoms with Crippen molar-refractivity contribution in [3.8, 4) is 16.9 Å². The van der Waals surface area contributed by atoms with Gasteiger partial charge in [-0.25, -0.2) is 9.69 Å². The summed E-state index contributed by atoms with van der Waals surface area (Å²) in [6.07, 6.45) is 2.54. The molecule has 1 saturated heterocycles. The van der Waals surface area contributed by atoms with Crippen LogP contribution in [0.15, 0.2) is 42.3 Å². The molecule has 3 aromatic rings. The van der Waals surface area contributed by atoms with Crippen LogP contribution in [0, 0.1) is 6.85 Å². The smallest absolute Gasteiger partial charge is 0.283 e. The van der Waals surface area contributed by atoms with Gasteiger partial charge in [0.2, 0.25) is 0 Å². The molecule has 8 heteroatoms. The highest BCUT2D eigenvalue weighted by Crippen LogP contribution is 2.33. The van der Waals surface area contributed by atoms with Gasteiger partial charge in [0, 0.05) is 38.4 Å². The Morgan fingerprint density at radius 2 is 1.77 bits per heavy atom. The van der Waals surface area contributed by atoms with Crippen molar-refractivity contribution in [3.63, 3.8) is 0 Å². The number of rotatable bonds is 4. The van der Waals surface area contributed by atoms with Crippen LogP contribution in [0.25, 0.3) is 16.9 Å². The highest BCUT2D eigenvalue weighted by molar-refractivity contribution is 6.35. The molecule has 0 atom stereocenters. The quantitative estimate of drug-likeness (QED) is 0.510. The molecule has 4 rings (SSSR count). The molecule has 1 aliphatic rings. The first-order valence-corrected chi connectivity index (χ1v) is 10.1. The zero-order valence-corrected chi connectivity index (χ0v) is 17.7. The van der Waals surface area contributed by atoms with E-state index in [-0.39, 0.29) is 0 Å². The minimum Gasteiger partial charge on any atom is -0.283 e. The zero-order valence-electron chi connectivity index (χ0n) is 25.4. The molecule has 2 heterocycles. The fourth-order valence-corrected chi connectivity index (χ4v) is 3.60. The van der Waals surface area contributed by atoms with Gasteiger partial charge in [0.15, 0.2) is 5.69 Å². The van der Waals surface area contributed by atoms with Gasteiger partial charge in [-0.1, -0.05) is 53.3 Å². The maximum atomic E-state index is 13.5. The molecule has 0 spiro atoms. The summed E-state index contributed by atoms with van der Waals surface area (Å²) < 4.78 is 83.9. The number of nitrogens with one attached hydrogen (secondary N) is 1. The number of hydrogen-bond acceptors (Lipinski definition) is 3. The molecule has 1 amide bonds. The lowest BCUT2D eigenvalue weighted by Crippen LogP contribution is -2.45. The summed E-state index contributed by atoms with van der Waals surface area (Å²) in [6, 6.07) is -4.75. The lowest BCUT2D eigenvalue weighted by Gasteiger charge is -2.26. The van der Waals surface area contributed by atoms with Crippen molar-refractivity contribution < 1.29 is 18.5 Å². The molecule has 156 valence electrons. The number of piperidine rings is 1. The van der Waals surface area contributed by atoms with Crippen LogP contribution in [0.4, 0.5) is 0 Å². The molecule has 0 bridgehead atoms. The van der Waals surface area contributed by atoms with Crippen LogP contribution in [0.1, 0.15) is 49.0 Å². The van der Waals surface area contributed by atoms with E-state index in [1.54, 1.807) is 5.01 Å². The summed E-state index contributed by atoms with van der Waals surface area (Å²) in [6.45, 7) is -2.11. The van der Waals surface area contributed by atoms with Crippen LogP contribution >= 0.6 is 34.8 Å². The van der Waals surface area contributed by atoms with Crippen molar-refractivity contribution >= 4 is 40.7 Å². The predicted molar refractivity (Wildman–Crippen MR) is 122 cm³/mol. The Hall–Kier alpha value is -2.05. The van der Waals surface area contributed by atoms with Crippen molar-refractivity contribution in [2.75, 3.05) is 13.1 Å². The zero-order chi connectivity index (χ0) is 29.8.